The Bertz CT molecular complexity index is 374. The molecule has 1 rings (SSSR count). The second-order valence-electron chi connectivity index (χ2n) is 5.07. The molecule has 5 nitrogen and oxygen atoms in total. The van der Waals surface area contributed by atoms with Gasteiger partial charge in [-0.3, -0.25) is 4.79 Å². The Hall–Kier alpha value is -0.620. The third-order valence-electron chi connectivity index (χ3n) is 3.25. The fourth-order valence-electron chi connectivity index (χ4n) is 1.69. The first-order chi connectivity index (χ1) is 7.13. The summed E-state index contributed by atoms with van der Waals surface area (Å²) in [6.45, 7) is 3.76. The number of sulfone groups is 1. The van der Waals surface area contributed by atoms with Gasteiger partial charge in [0.2, 0.25) is 5.91 Å². The van der Waals surface area contributed by atoms with Gasteiger partial charge in [-0.1, -0.05) is 13.8 Å². The standard InChI is InChI=1S/C10H19NO4S/c1-10(2)7(6-8(10)12)11-9(13)4-5-16(3,14)15/h7-8,12H,4-6H2,1-3H3,(H,11,13). The van der Waals surface area contributed by atoms with Crippen molar-refractivity contribution in [2.24, 2.45) is 5.41 Å². The van der Waals surface area contributed by atoms with Crippen molar-refractivity contribution < 1.29 is 18.3 Å². The van der Waals surface area contributed by atoms with E-state index in [0.29, 0.717) is 6.42 Å². The van der Waals surface area contributed by atoms with Crippen LogP contribution in [0.1, 0.15) is 26.7 Å². The van der Waals surface area contributed by atoms with Crippen LogP contribution in [0.3, 0.4) is 0 Å². The first kappa shape index (κ1) is 13.4. The van der Waals surface area contributed by atoms with Crippen LogP contribution >= 0.6 is 0 Å². The Balaban J connectivity index is 2.37. The minimum Gasteiger partial charge on any atom is -0.392 e. The minimum absolute atomic E-state index is 0.0124. The summed E-state index contributed by atoms with van der Waals surface area (Å²) in [5, 5.41) is 12.2. The third kappa shape index (κ3) is 3.18. The molecule has 0 aromatic carbocycles. The number of rotatable bonds is 4. The minimum atomic E-state index is -3.09. The molecule has 1 saturated carbocycles. The normalized spacial score (nSPS) is 28.2. The molecule has 0 heterocycles. The molecule has 2 unspecified atom stereocenters. The van der Waals surface area contributed by atoms with Gasteiger partial charge in [-0.25, -0.2) is 8.42 Å². The fraction of sp³-hybridized carbons (Fsp3) is 0.900. The number of amides is 1. The van der Waals surface area contributed by atoms with Gasteiger partial charge in [0.05, 0.1) is 11.9 Å². The summed E-state index contributed by atoms with van der Waals surface area (Å²) >= 11 is 0. The molecule has 0 radical (unpaired) electrons. The van der Waals surface area contributed by atoms with E-state index in [1.54, 1.807) is 0 Å². The summed E-state index contributed by atoms with van der Waals surface area (Å²) in [6.07, 6.45) is 1.24. The molecular weight excluding hydrogens is 230 g/mol. The second-order valence-corrected chi connectivity index (χ2v) is 7.33. The van der Waals surface area contributed by atoms with Crippen LogP contribution in [0.5, 0.6) is 0 Å². The van der Waals surface area contributed by atoms with E-state index < -0.39 is 15.9 Å². The first-order valence-corrected chi connectivity index (χ1v) is 7.34. The van der Waals surface area contributed by atoms with Crippen molar-refractivity contribution in [3.05, 3.63) is 0 Å². The van der Waals surface area contributed by atoms with Crippen molar-refractivity contribution in [3.8, 4) is 0 Å². The maximum atomic E-state index is 11.4. The third-order valence-corrected chi connectivity index (χ3v) is 4.20. The number of aliphatic hydroxyl groups is 1. The smallest absolute Gasteiger partial charge is 0.221 e. The summed E-state index contributed by atoms with van der Waals surface area (Å²) in [6, 6.07) is -0.0606. The van der Waals surface area contributed by atoms with Crippen LogP contribution in [0.2, 0.25) is 0 Å². The molecule has 0 spiro atoms. The van der Waals surface area contributed by atoms with Crippen molar-refractivity contribution in [1.82, 2.24) is 5.32 Å². The highest BCUT2D eigenvalue weighted by molar-refractivity contribution is 7.90. The van der Waals surface area contributed by atoms with Gasteiger partial charge in [-0.2, -0.15) is 0 Å². The second kappa shape index (κ2) is 4.33. The van der Waals surface area contributed by atoms with E-state index in [2.05, 4.69) is 5.32 Å². The number of aliphatic hydroxyl groups excluding tert-OH is 1. The topological polar surface area (TPSA) is 83.5 Å². The fourth-order valence-corrected chi connectivity index (χ4v) is 2.25. The van der Waals surface area contributed by atoms with Gasteiger partial charge in [-0.05, 0) is 6.42 Å². The molecule has 2 N–H and O–H groups in total. The number of nitrogens with one attached hydrogen (secondary N) is 1. The van der Waals surface area contributed by atoms with Crippen LogP contribution in [-0.4, -0.2) is 43.6 Å². The van der Waals surface area contributed by atoms with Gasteiger partial charge >= 0.3 is 0 Å². The molecule has 1 amide bonds. The molecular formula is C10H19NO4S. The highest BCUT2D eigenvalue weighted by Gasteiger charge is 2.47. The molecule has 2 atom stereocenters. The van der Waals surface area contributed by atoms with Crippen LogP contribution in [-0.2, 0) is 14.6 Å². The van der Waals surface area contributed by atoms with Gasteiger partial charge in [-0.15, -0.1) is 0 Å². The lowest BCUT2D eigenvalue weighted by Crippen LogP contribution is -2.61. The van der Waals surface area contributed by atoms with Gasteiger partial charge in [0.15, 0.2) is 0 Å². The maximum absolute atomic E-state index is 11.4. The van der Waals surface area contributed by atoms with Crippen LogP contribution in [0.25, 0.3) is 0 Å². The zero-order valence-electron chi connectivity index (χ0n) is 9.86. The maximum Gasteiger partial charge on any atom is 0.221 e. The van der Waals surface area contributed by atoms with Gasteiger partial charge in [0.1, 0.15) is 9.84 Å². The molecule has 6 heteroatoms. The quantitative estimate of drug-likeness (QED) is 0.716. The van der Waals surface area contributed by atoms with Crippen molar-refractivity contribution in [1.29, 1.82) is 0 Å². The van der Waals surface area contributed by atoms with E-state index >= 15 is 0 Å². The Labute approximate surface area is 96.1 Å². The highest BCUT2D eigenvalue weighted by Crippen LogP contribution is 2.40. The monoisotopic (exact) mass is 249 g/mol. The molecule has 1 aliphatic carbocycles. The predicted octanol–water partition coefficient (Wildman–Crippen LogP) is -0.303. The van der Waals surface area contributed by atoms with Gasteiger partial charge in [0, 0.05) is 24.1 Å². The van der Waals surface area contributed by atoms with Crippen LogP contribution in [0, 0.1) is 5.41 Å². The molecule has 16 heavy (non-hydrogen) atoms. The average Bonchev–Trinajstić information content (AvgIpc) is 2.13. The molecule has 0 aromatic heterocycles. The number of hydrogen-bond donors (Lipinski definition) is 2. The summed E-state index contributed by atoms with van der Waals surface area (Å²) in [7, 11) is -3.09. The lowest BCUT2D eigenvalue weighted by molar-refractivity contribution is -0.128. The highest BCUT2D eigenvalue weighted by atomic mass is 32.2. The van der Waals surface area contributed by atoms with Crippen molar-refractivity contribution in [2.75, 3.05) is 12.0 Å². The molecule has 0 aromatic rings. The van der Waals surface area contributed by atoms with Crippen molar-refractivity contribution in [2.45, 2.75) is 38.8 Å². The summed E-state index contributed by atoms with van der Waals surface area (Å²) < 4.78 is 21.7. The predicted molar refractivity (Wildman–Crippen MR) is 60.7 cm³/mol. The van der Waals surface area contributed by atoms with E-state index in [9.17, 15) is 18.3 Å². The van der Waals surface area contributed by atoms with Crippen LogP contribution in [0.15, 0.2) is 0 Å². The Morgan fingerprint density at radius 1 is 1.50 bits per heavy atom. The van der Waals surface area contributed by atoms with E-state index in [-0.39, 0.29) is 29.5 Å². The number of carbonyl (C=O) groups excluding carboxylic acids is 1. The summed E-state index contributed by atoms with van der Waals surface area (Å²) in [4.78, 5) is 11.4. The Kier molecular flexibility index (Phi) is 3.64. The Morgan fingerprint density at radius 3 is 2.44 bits per heavy atom. The zero-order chi connectivity index (χ0) is 12.6. The van der Waals surface area contributed by atoms with Crippen molar-refractivity contribution in [3.63, 3.8) is 0 Å². The van der Waals surface area contributed by atoms with Gasteiger partial charge in [0.25, 0.3) is 0 Å². The average molecular weight is 249 g/mol. The molecule has 0 bridgehead atoms. The molecule has 0 aliphatic heterocycles. The Morgan fingerprint density at radius 2 is 2.06 bits per heavy atom. The summed E-state index contributed by atoms with van der Waals surface area (Å²) in [5.41, 5.74) is -0.319. The van der Waals surface area contributed by atoms with E-state index in [1.165, 1.54) is 0 Å². The van der Waals surface area contributed by atoms with Gasteiger partial charge < -0.3 is 10.4 Å². The molecule has 94 valence electrons. The van der Waals surface area contributed by atoms with Crippen molar-refractivity contribution >= 4 is 15.7 Å². The molecule has 1 aliphatic rings. The lowest BCUT2D eigenvalue weighted by atomic mass is 9.64. The number of hydrogen-bond acceptors (Lipinski definition) is 4. The number of carbonyl (C=O) groups is 1. The lowest BCUT2D eigenvalue weighted by Gasteiger charge is -2.49. The first-order valence-electron chi connectivity index (χ1n) is 5.28. The van der Waals surface area contributed by atoms with Crippen LogP contribution < -0.4 is 5.32 Å². The van der Waals surface area contributed by atoms with E-state index in [4.69, 9.17) is 0 Å². The largest absolute Gasteiger partial charge is 0.392 e. The molecule has 0 saturated heterocycles. The summed E-state index contributed by atoms with van der Waals surface area (Å²) in [5.74, 6) is -0.399. The van der Waals surface area contributed by atoms with E-state index in [1.807, 2.05) is 13.8 Å². The molecule has 1 fully saturated rings. The SMILES string of the molecule is CC1(C)C(O)CC1NC(=O)CCS(C)(=O)=O. The zero-order valence-corrected chi connectivity index (χ0v) is 10.7. The van der Waals surface area contributed by atoms with E-state index in [0.717, 1.165) is 6.26 Å². The van der Waals surface area contributed by atoms with Crippen LogP contribution in [0.4, 0.5) is 0 Å².